The molecule has 3 aromatic rings. The summed E-state index contributed by atoms with van der Waals surface area (Å²) in [6.45, 7) is 14.0. The van der Waals surface area contributed by atoms with E-state index in [2.05, 4.69) is 127 Å². The number of fused-ring (bicyclic) bond motifs is 5. The van der Waals surface area contributed by atoms with Crippen molar-refractivity contribution in [3.05, 3.63) is 118 Å². The molecule has 0 radical (unpaired) electrons. The van der Waals surface area contributed by atoms with Gasteiger partial charge in [-0.05, 0) is 73.1 Å². The summed E-state index contributed by atoms with van der Waals surface area (Å²) in [6.07, 6.45) is 11.4. The van der Waals surface area contributed by atoms with Crippen molar-refractivity contribution < 1.29 is 51.0 Å². The molecule has 0 amide bonds. The summed E-state index contributed by atoms with van der Waals surface area (Å²) in [5, 5.41) is 2.88. The number of allylic oxidation sites excluding steroid dienone is 4. The van der Waals surface area contributed by atoms with Crippen molar-refractivity contribution in [2.75, 3.05) is 0 Å². The van der Waals surface area contributed by atoms with Gasteiger partial charge in [0.15, 0.2) is 0 Å². The molecule has 6 rings (SSSR count). The van der Waals surface area contributed by atoms with E-state index in [-0.39, 0.29) is 61.8 Å². The van der Waals surface area contributed by atoms with Crippen LogP contribution in [0.4, 0.5) is 0 Å². The van der Waals surface area contributed by atoms with Crippen LogP contribution in [-0.2, 0) is 37.0 Å². The maximum absolute atomic E-state index is 2.52. The van der Waals surface area contributed by atoms with Gasteiger partial charge < -0.3 is 24.8 Å². The molecule has 0 aliphatic heterocycles. The minimum atomic E-state index is 0. The van der Waals surface area contributed by atoms with Crippen LogP contribution in [-0.4, -0.2) is 0 Å². The fraction of sp³-hybridized carbons (Fsp3) is 0.333. The molecular formula is C36H38Cl2Zr. The summed E-state index contributed by atoms with van der Waals surface area (Å²) in [4.78, 5) is 0. The normalized spacial score (nSPS) is 16.9. The molecule has 0 heterocycles. The van der Waals surface area contributed by atoms with E-state index < -0.39 is 0 Å². The fourth-order valence-electron chi connectivity index (χ4n) is 6.48. The average molecular weight is 633 g/mol. The molecule has 1 atom stereocenters. The Balaban J connectivity index is 0.00000140. The Morgan fingerprint density at radius 2 is 1.21 bits per heavy atom. The van der Waals surface area contributed by atoms with E-state index in [1.807, 2.05) is 0 Å². The van der Waals surface area contributed by atoms with Gasteiger partial charge >= 0.3 is 26.2 Å². The summed E-state index contributed by atoms with van der Waals surface area (Å²) >= 11 is 0. The zero-order valence-corrected chi connectivity index (χ0v) is 27.9. The van der Waals surface area contributed by atoms with E-state index in [1.54, 1.807) is 5.57 Å². The van der Waals surface area contributed by atoms with E-state index >= 15 is 0 Å². The van der Waals surface area contributed by atoms with Crippen LogP contribution >= 0.6 is 0 Å². The van der Waals surface area contributed by atoms with Crippen LogP contribution in [0.2, 0.25) is 0 Å². The van der Waals surface area contributed by atoms with Gasteiger partial charge in [0, 0.05) is 11.8 Å². The molecule has 0 N–H and O–H groups in total. The Morgan fingerprint density at radius 3 is 1.74 bits per heavy atom. The van der Waals surface area contributed by atoms with Gasteiger partial charge in [0.25, 0.3) is 0 Å². The molecule has 1 unspecified atom stereocenters. The van der Waals surface area contributed by atoms with Crippen LogP contribution in [0.5, 0.6) is 0 Å². The summed E-state index contributed by atoms with van der Waals surface area (Å²) in [5.41, 5.74) is 12.2. The van der Waals surface area contributed by atoms with Crippen LogP contribution < -0.4 is 35.3 Å². The van der Waals surface area contributed by atoms with E-state index in [1.165, 1.54) is 49.4 Å². The van der Waals surface area contributed by atoms with Crippen LogP contribution in [0.15, 0.2) is 85.0 Å². The predicted octanol–water partition coefficient (Wildman–Crippen LogP) is 1.94. The molecular weight excluding hydrogens is 595 g/mol. The van der Waals surface area contributed by atoms with Gasteiger partial charge in [-0.1, -0.05) is 132 Å². The third kappa shape index (κ3) is 5.62. The van der Waals surface area contributed by atoms with E-state index in [4.69, 9.17) is 0 Å². The van der Waals surface area contributed by atoms with Crippen LogP contribution in [0.25, 0.3) is 22.3 Å². The SMILES string of the molecule is CC(C)(C)c1ccc2c(c1)C(CCC1=c3ccccc3=C3C=CC=CC31)c1cc(C(C)(C)C)ccc1-2.[Cl-].[Cl-].[Zr+2]. The van der Waals surface area contributed by atoms with Crippen molar-refractivity contribution in [3.63, 3.8) is 0 Å². The van der Waals surface area contributed by atoms with Gasteiger partial charge in [0.05, 0.1) is 0 Å². The summed E-state index contributed by atoms with van der Waals surface area (Å²) in [5.74, 6) is 0.862. The second kappa shape index (κ2) is 11.7. The first kappa shape index (κ1) is 31.9. The van der Waals surface area contributed by atoms with E-state index in [0.29, 0.717) is 11.8 Å². The third-order valence-corrected chi connectivity index (χ3v) is 8.56. The zero-order valence-electron chi connectivity index (χ0n) is 23.9. The molecule has 3 aliphatic rings. The van der Waals surface area contributed by atoms with Gasteiger partial charge in [0.1, 0.15) is 0 Å². The van der Waals surface area contributed by atoms with Crippen molar-refractivity contribution in [2.45, 2.75) is 71.1 Å². The molecule has 3 aromatic carbocycles. The fourth-order valence-corrected chi connectivity index (χ4v) is 6.48. The third-order valence-electron chi connectivity index (χ3n) is 8.56. The Labute approximate surface area is 266 Å². The predicted molar refractivity (Wildman–Crippen MR) is 155 cm³/mol. The van der Waals surface area contributed by atoms with Gasteiger partial charge in [0.2, 0.25) is 0 Å². The second-order valence-corrected chi connectivity index (χ2v) is 12.9. The van der Waals surface area contributed by atoms with Crippen molar-refractivity contribution >= 4 is 11.1 Å². The molecule has 0 spiro atoms. The van der Waals surface area contributed by atoms with Crippen molar-refractivity contribution in [1.82, 2.24) is 0 Å². The zero-order chi connectivity index (χ0) is 25.2. The Hall–Kier alpha value is -1.66. The first-order valence-corrected chi connectivity index (χ1v) is 13.6. The average Bonchev–Trinajstić information content (AvgIpc) is 3.33. The molecule has 3 aliphatic carbocycles. The number of hydrogen-bond acceptors (Lipinski definition) is 0. The maximum atomic E-state index is 2.52. The topological polar surface area (TPSA) is 0 Å². The monoisotopic (exact) mass is 630 g/mol. The molecule has 0 saturated heterocycles. The van der Waals surface area contributed by atoms with Gasteiger partial charge in [-0.3, -0.25) is 0 Å². The first-order valence-electron chi connectivity index (χ1n) is 13.6. The number of benzene rings is 3. The maximum Gasteiger partial charge on any atom is 2.00 e. The van der Waals surface area contributed by atoms with E-state index in [9.17, 15) is 0 Å². The number of hydrogen-bond donors (Lipinski definition) is 0. The van der Waals surface area contributed by atoms with E-state index in [0.717, 1.165) is 12.8 Å². The van der Waals surface area contributed by atoms with Gasteiger partial charge in [-0.25, -0.2) is 0 Å². The standard InChI is InChI=1S/C36H38.2ClH.Zr/c1-35(2,3)23-15-17-30-31-18-16-24(36(4,5)6)22-34(31)32(33(30)21-23)20-19-29-27-13-9-7-11-25(27)26-12-8-10-14-28(26)29;;;/h7-18,21-22,27,32H,19-20H2,1-6H3;2*1H;/q;;;+2/p-2. The molecule has 0 saturated carbocycles. The first-order chi connectivity index (χ1) is 17.1. The Morgan fingerprint density at radius 1 is 0.667 bits per heavy atom. The van der Waals surface area contributed by atoms with Crippen molar-refractivity contribution in [3.8, 4) is 11.1 Å². The quantitative estimate of drug-likeness (QED) is 0.415. The molecule has 0 bridgehead atoms. The van der Waals surface area contributed by atoms with Crippen LogP contribution in [0.1, 0.15) is 82.6 Å². The van der Waals surface area contributed by atoms with Gasteiger partial charge in [-0.15, -0.1) is 0 Å². The smallest absolute Gasteiger partial charge is 1.00 e. The molecule has 0 nitrogen and oxygen atoms in total. The summed E-state index contributed by atoms with van der Waals surface area (Å²) in [6, 6.07) is 23.6. The molecule has 0 fully saturated rings. The van der Waals surface area contributed by atoms with Crippen molar-refractivity contribution in [2.24, 2.45) is 5.92 Å². The van der Waals surface area contributed by atoms with Crippen LogP contribution in [0, 0.1) is 5.92 Å². The molecule has 200 valence electrons. The van der Waals surface area contributed by atoms with Crippen LogP contribution in [0.3, 0.4) is 0 Å². The van der Waals surface area contributed by atoms with Crippen molar-refractivity contribution in [1.29, 1.82) is 0 Å². The summed E-state index contributed by atoms with van der Waals surface area (Å²) < 4.78 is 0. The largest absolute Gasteiger partial charge is 2.00 e. The second-order valence-electron chi connectivity index (χ2n) is 12.9. The minimum Gasteiger partial charge on any atom is -1.00 e. The minimum absolute atomic E-state index is 0. The summed E-state index contributed by atoms with van der Waals surface area (Å²) in [7, 11) is 0. The molecule has 3 heteroatoms. The Kier molecular flexibility index (Phi) is 9.54. The number of halogens is 2. The molecule has 39 heavy (non-hydrogen) atoms. The Bertz CT molecular complexity index is 1500. The number of rotatable bonds is 3. The molecule has 0 aromatic heterocycles. The van der Waals surface area contributed by atoms with Gasteiger partial charge in [-0.2, -0.15) is 0 Å².